The molecule has 2 aromatic carbocycles. The molecule has 0 saturated heterocycles. The minimum atomic E-state index is 0.0467. The van der Waals surface area contributed by atoms with Gasteiger partial charge in [0.15, 0.2) is 0 Å². The predicted molar refractivity (Wildman–Crippen MR) is 115 cm³/mol. The average molecular weight is 366 g/mol. The van der Waals surface area contributed by atoms with Crippen LogP contribution in [0, 0.1) is 6.92 Å². The van der Waals surface area contributed by atoms with Crippen LogP contribution >= 0.6 is 0 Å². The maximum Gasteiger partial charge on any atom is 0.234 e. The molecule has 138 valence electrons. The van der Waals surface area contributed by atoms with Crippen LogP contribution in [-0.4, -0.2) is 19.4 Å². The van der Waals surface area contributed by atoms with Crippen LogP contribution in [0.2, 0.25) is 0 Å². The first kappa shape index (κ1) is 16.9. The summed E-state index contributed by atoms with van der Waals surface area (Å²) in [7, 11) is 0. The molecule has 0 saturated carbocycles. The van der Waals surface area contributed by atoms with Crippen molar-refractivity contribution in [1.29, 1.82) is 0 Å². The molecule has 4 nitrogen and oxygen atoms in total. The molecule has 0 aliphatic carbocycles. The van der Waals surface area contributed by atoms with Crippen LogP contribution in [0.3, 0.4) is 0 Å². The first-order valence-corrected chi connectivity index (χ1v) is 9.54. The lowest BCUT2D eigenvalue weighted by molar-refractivity contribution is 0.596. The van der Waals surface area contributed by atoms with E-state index < -0.39 is 0 Å². The number of aromatic nitrogens is 4. The highest BCUT2D eigenvalue weighted by Crippen LogP contribution is 2.34. The quantitative estimate of drug-likeness (QED) is 0.382. The second kappa shape index (κ2) is 5.86. The van der Waals surface area contributed by atoms with Gasteiger partial charge in [0.05, 0.1) is 16.9 Å². The van der Waals surface area contributed by atoms with E-state index in [0.29, 0.717) is 0 Å². The third kappa shape index (κ3) is 2.64. The molecule has 0 fully saturated rings. The van der Waals surface area contributed by atoms with Gasteiger partial charge in [0.1, 0.15) is 0 Å². The minimum Gasteiger partial charge on any atom is -0.283 e. The Morgan fingerprint density at radius 2 is 1.68 bits per heavy atom. The number of imidazole rings is 1. The molecule has 5 rings (SSSR count). The fraction of sp³-hybridized carbons (Fsp3) is 0.208. The third-order valence-electron chi connectivity index (χ3n) is 5.26. The number of fused-ring (bicyclic) bond motifs is 4. The van der Waals surface area contributed by atoms with E-state index in [-0.39, 0.29) is 5.41 Å². The van der Waals surface area contributed by atoms with E-state index in [1.807, 2.05) is 29.9 Å². The van der Waals surface area contributed by atoms with Crippen molar-refractivity contribution in [3.8, 4) is 11.3 Å². The Morgan fingerprint density at radius 1 is 0.893 bits per heavy atom. The number of hydrogen-bond acceptors (Lipinski definition) is 3. The number of hydrogen-bond donors (Lipinski definition) is 0. The molecule has 0 amide bonds. The summed E-state index contributed by atoms with van der Waals surface area (Å²) in [5.41, 5.74) is 5.50. The van der Waals surface area contributed by atoms with Crippen molar-refractivity contribution in [2.24, 2.45) is 0 Å². The molecule has 4 heteroatoms. The Kier molecular flexibility index (Phi) is 3.53. The van der Waals surface area contributed by atoms with Gasteiger partial charge >= 0.3 is 0 Å². The topological polar surface area (TPSA) is 43.1 Å². The average Bonchev–Trinajstić information content (AvgIpc) is 3.06. The van der Waals surface area contributed by atoms with Gasteiger partial charge in [-0.05, 0) is 46.9 Å². The van der Waals surface area contributed by atoms with Crippen LogP contribution in [0.25, 0.3) is 38.7 Å². The lowest BCUT2D eigenvalue weighted by Gasteiger charge is -2.22. The number of rotatable bonds is 1. The van der Waals surface area contributed by atoms with E-state index in [1.54, 1.807) is 0 Å². The van der Waals surface area contributed by atoms with Crippen LogP contribution < -0.4 is 0 Å². The zero-order valence-corrected chi connectivity index (χ0v) is 16.6. The maximum atomic E-state index is 4.75. The number of nitrogens with zero attached hydrogens (tertiary/aromatic N) is 4. The van der Waals surface area contributed by atoms with Crippen LogP contribution in [-0.2, 0) is 5.41 Å². The van der Waals surface area contributed by atoms with E-state index >= 15 is 0 Å². The van der Waals surface area contributed by atoms with Gasteiger partial charge in [0.25, 0.3) is 0 Å². The number of aryl methyl sites for hydroxylation is 1. The van der Waals surface area contributed by atoms with E-state index in [9.17, 15) is 0 Å². The molecular formula is C24H22N4. The van der Waals surface area contributed by atoms with Gasteiger partial charge in [-0.2, -0.15) is 0 Å². The molecule has 0 spiro atoms. The largest absolute Gasteiger partial charge is 0.283 e. The summed E-state index contributed by atoms with van der Waals surface area (Å²) in [5.74, 6) is 0.719. The molecule has 0 aliphatic heterocycles. The summed E-state index contributed by atoms with van der Waals surface area (Å²) >= 11 is 0. The van der Waals surface area contributed by atoms with Crippen molar-refractivity contribution in [2.45, 2.75) is 33.1 Å². The van der Waals surface area contributed by atoms with Gasteiger partial charge in [-0.3, -0.25) is 9.38 Å². The molecule has 5 aromatic rings. The zero-order valence-electron chi connectivity index (χ0n) is 16.6. The SMILES string of the molecule is Cc1cn2c(ncc3cnc(-c4cc(C(C)(C)C)c5ccccc5c4)cc32)n1. The standard InChI is InChI=1S/C24H22N4/c1-15-14-28-22-11-21(25-12-18(22)13-26-23(28)27-15)17-9-16-7-5-6-8-19(16)20(10-17)24(2,3)4/h5-14H,1-4H3. The van der Waals surface area contributed by atoms with E-state index in [1.165, 1.54) is 16.3 Å². The summed E-state index contributed by atoms with van der Waals surface area (Å²) < 4.78 is 2.04. The summed E-state index contributed by atoms with van der Waals surface area (Å²) in [4.78, 5) is 13.7. The molecule has 0 aliphatic rings. The van der Waals surface area contributed by atoms with Gasteiger partial charge < -0.3 is 0 Å². The van der Waals surface area contributed by atoms with Gasteiger partial charge in [-0.25, -0.2) is 9.97 Å². The maximum absolute atomic E-state index is 4.75. The smallest absolute Gasteiger partial charge is 0.234 e. The molecular weight excluding hydrogens is 344 g/mol. The van der Waals surface area contributed by atoms with Crippen molar-refractivity contribution in [3.63, 3.8) is 0 Å². The Bertz CT molecular complexity index is 1360. The summed E-state index contributed by atoms with van der Waals surface area (Å²) in [6.07, 6.45) is 5.77. The fourth-order valence-corrected chi connectivity index (χ4v) is 3.88. The van der Waals surface area contributed by atoms with E-state index in [0.717, 1.165) is 33.6 Å². The van der Waals surface area contributed by atoms with E-state index in [4.69, 9.17) is 4.98 Å². The van der Waals surface area contributed by atoms with E-state index in [2.05, 4.69) is 73.2 Å². The van der Waals surface area contributed by atoms with Crippen molar-refractivity contribution in [2.75, 3.05) is 0 Å². The zero-order chi connectivity index (χ0) is 19.5. The number of pyridine rings is 1. The summed E-state index contributed by atoms with van der Waals surface area (Å²) in [5, 5.41) is 3.55. The summed E-state index contributed by atoms with van der Waals surface area (Å²) in [6, 6.07) is 15.2. The second-order valence-electron chi connectivity index (χ2n) is 8.43. The molecule has 0 atom stereocenters. The minimum absolute atomic E-state index is 0.0467. The molecule has 28 heavy (non-hydrogen) atoms. The molecule has 0 N–H and O–H groups in total. The Morgan fingerprint density at radius 3 is 2.50 bits per heavy atom. The third-order valence-corrected chi connectivity index (χ3v) is 5.26. The summed E-state index contributed by atoms with van der Waals surface area (Å²) in [6.45, 7) is 8.77. The van der Waals surface area contributed by atoms with Crippen molar-refractivity contribution in [1.82, 2.24) is 19.4 Å². The molecule has 3 aromatic heterocycles. The Labute approximate surface area is 163 Å². The van der Waals surface area contributed by atoms with Crippen LogP contribution in [0.15, 0.2) is 61.1 Å². The lowest BCUT2D eigenvalue weighted by Crippen LogP contribution is -2.12. The van der Waals surface area contributed by atoms with Crippen molar-refractivity contribution >= 4 is 27.5 Å². The van der Waals surface area contributed by atoms with Gasteiger partial charge in [0, 0.05) is 29.5 Å². The highest BCUT2D eigenvalue weighted by molar-refractivity contribution is 5.92. The monoisotopic (exact) mass is 366 g/mol. The first-order chi connectivity index (χ1) is 13.4. The second-order valence-corrected chi connectivity index (χ2v) is 8.43. The fourth-order valence-electron chi connectivity index (χ4n) is 3.88. The molecule has 0 unspecified atom stereocenters. The predicted octanol–water partition coefficient (Wildman–Crippen LogP) is 5.70. The normalized spacial score (nSPS) is 12.3. The van der Waals surface area contributed by atoms with Crippen LogP contribution in [0.5, 0.6) is 0 Å². The Balaban J connectivity index is 1.80. The number of benzene rings is 2. The van der Waals surface area contributed by atoms with Gasteiger partial charge in [0.2, 0.25) is 5.78 Å². The highest BCUT2D eigenvalue weighted by Gasteiger charge is 2.18. The molecule has 0 radical (unpaired) electrons. The molecule has 0 bridgehead atoms. The lowest BCUT2D eigenvalue weighted by atomic mass is 9.82. The van der Waals surface area contributed by atoms with Crippen molar-refractivity contribution in [3.05, 3.63) is 72.3 Å². The van der Waals surface area contributed by atoms with Crippen molar-refractivity contribution < 1.29 is 0 Å². The van der Waals surface area contributed by atoms with Gasteiger partial charge in [-0.1, -0.05) is 45.0 Å². The van der Waals surface area contributed by atoms with Gasteiger partial charge in [-0.15, -0.1) is 0 Å². The Hall–Kier alpha value is -3.27. The van der Waals surface area contributed by atoms with Crippen LogP contribution in [0.4, 0.5) is 0 Å². The molecule has 3 heterocycles. The first-order valence-electron chi connectivity index (χ1n) is 9.54. The highest BCUT2D eigenvalue weighted by atomic mass is 15.1. The van der Waals surface area contributed by atoms with Crippen LogP contribution in [0.1, 0.15) is 32.0 Å².